The number of halogens is 2. The Kier molecular flexibility index (Phi) is 7.83. The Morgan fingerprint density at radius 1 is 1.14 bits per heavy atom. The summed E-state index contributed by atoms with van der Waals surface area (Å²) in [6.45, 7) is 6.41. The van der Waals surface area contributed by atoms with Gasteiger partial charge in [-0.15, -0.1) is 0 Å². The first-order valence-corrected chi connectivity index (χ1v) is 8.06. The molecule has 0 fully saturated rings. The lowest BCUT2D eigenvalue weighted by Gasteiger charge is -2.14. The van der Waals surface area contributed by atoms with Crippen LogP contribution in [0.15, 0.2) is 17.3 Å². The molecular weight excluding hydrogens is 325 g/mol. The lowest BCUT2D eigenvalue weighted by Crippen LogP contribution is -2.15. The Morgan fingerprint density at radius 3 is 2.36 bits per heavy atom. The van der Waals surface area contributed by atoms with Crippen molar-refractivity contribution in [2.45, 2.75) is 52.1 Å². The summed E-state index contributed by atoms with van der Waals surface area (Å²) in [4.78, 5) is 5.25. The first-order chi connectivity index (χ1) is 10.3. The number of aromatic hydroxyl groups is 1. The normalized spacial score (nSPS) is 11.9. The summed E-state index contributed by atoms with van der Waals surface area (Å²) in [7, 11) is 0. The molecule has 0 unspecified atom stereocenters. The fraction of sp³-hybridized carbons (Fsp3) is 0.562. The molecule has 1 rings (SSSR count). The van der Waals surface area contributed by atoms with E-state index >= 15 is 0 Å². The van der Waals surface area contributed by atoms with Crippen LogP contribution < -0.4 is 4.74 Å². The average molecular weight is 348 g/mol. The molecular formula is C16H23Cl2NO3. The molecule has 0 amide bonds. The summed E-state index contributed by atoms with van der Waals surface area (Å²) in [6.07, 6.45) is 5.57. The van der Waals surface area contributed by atoms with E-state index in [0.717, 1.165) is 25.7 Å². The third-order valence-corrected chi connectivity index (χ3v) is 3.17. The Balaban J connectivity index is 2.16. The zero-order valence-electron chi connectivity index (χ0n) is 13.2. The van der Waals surface area contributed by atoms with E-state index < -0.39 is 0 Å². The Bertz CT molecular complexity index is 476. The minimum Gasteiger partial charge on any atom is -0.508 e. The smallest absolute Gasteiger partial charge is 0.156 e. The average Bonchev–Trinajstić information content (AvgIpc) is 2.37. The van der Waals surface area contributed by atoms with E-state index in [1.807, 2.05) is 20.8 Å². The standard InChI is InChI=1S/C16H23Cl2NO3/c1-16(2,3)22-19-8-6-4-5-7-9-21-15-13(17)10-12(20)11-14(15)18/h8,10-11,20H,4-7,9H2,1-3H3/b19-8+. The molecule has 0 aliphatic rings. The molecule has 6 heteroatoms. The van der Waals surface area contributed by atoms with Gasteiger partial charge >= 0.3 is 0 Å². The van der Waals surface area contributed by atoms with Crippen LogP contribution in [-0.4, -0.2) is 23.5 Å². The van der Waals surface area contributed by atoms with Gasteiger partial charge in [-0.05, 0) is 46.5 Å². The molecule has 1 aromatic carbocycles. The zero-order valence-corrected chi connectivity index (χ0v) is 14.7. The van der Waals surface area contributed by atoms with E-state index in [0.29, 0.717) is 22.4 Å². The fourth-order valence-electron chi connectivity index (χ4n) is 1.62. The van der Waals surface area contributed by atoms with Crippen molar-refractivity contribution in [2.75, 3.05) is 6.61 Å². The van der Waals surface area contributed by atoms with Crippen LogP contribution in [0, 0.1) is 0 Å². The molecule has 0 atom stereocenters. The van der Waals surface area contributed by atoms with Crippen LogP contribution in [0.1, 0.15) is 46.5 Å². The molecule has 1 aromatic rings. The highest BCUT2D eigenvalue weighted by Gasteiger charge is 2.10. The second-order valence-corrected chi connectivity index (χ2v) is 6.74. The van der Waals surface area contributed by atoms with Crippen LogP contribution in [0.25, 0.3) is 0 Å². The van der Waals surface area contributed by atoms with Crippen molar-refractivity contribution in [3.05, 3.63) is 22.2 Å². The van der Waals surface area contributed by atoms with Gasteiger partial charge in [0.25, 0.3) is 0 Å². The summed E-state index contributed by atoms with van der Waals surface area (Å²) >= 11 is 11.9. The topological polar surface area (TPSA) is 51.0 Å². The van der Waals surface area contributed by atoms with Gasteiger partial charge in [-0.3, -0.25) is 0 Å². The molecule has 22 heavy (non-hydrogen) atoms. The van der Waals surface area contributed by atoms with E-state index in [1.165, 1.54) is 12.1 Å². The third kappa shape index (κ3) is 7.76. The van der Waals surface area contributed by atoms with Crippen LogP contribution in [0.2, 0.25) is 10.0 Å². The number of phenols is 1. The predicted molar refractivity (Wildman–Crippen MR) is 91.4 cm³/mol. The molecule has 0 bridgehead atoms. The molecule has 0 saturated carbocycles. The number of hydrogen-bond acceptors (Lipinski definition) is 4. The van der Waals surface area contributed by atoms with Crippen molar-refractivity contribution in [1.29, 1.82) is 0 Å². The first-order valence-electron chi connectivity index (χ1n) is 7.30. The molecule has 0 heterocycles. The van der Waals surface area contributed by atoms with Gasteiger partial charge in [0, 0.05) is 18.3 Å². The van der Waals surface area contributed by atoms with Crippen molar-refractivity contribution in [1.82, 2.24) is 0 Å². The van der Waals surface area contributed by atoms with E-state index in [1.54, 1.807) is 6.21 Å². The minimum atomic E-state index is -0.243. The van der Waals surface area contributed by atoms with Gasteiger partial charge in [0.15, 0.2) is 5.75 Å². The molecule has 1 N–H and O–H groups in total. The highest BCUT2D eigenvalue weighted by molar-refractivity contribution is 6.37. The molecule has 4 nitrogen and oxygen atoms in total. The molecule has 0 aliphatic carbocycles. The number of rotatable bonds is 8. The second kappa shape index (κ2) is 9.11. The Morgan fingerprint density at radius 2 is 1.77 bits per heavy atom. The van der Waals surface area contributed by atoms with E-state index in [2.05, 4.69) is 5.16 Å². The summed E-state index contributed by atoms with van der Waals surface area (Å²) in [5.74, 6) is 0.445. The van der Waals surface area contributed by atoms with Crippen LogP contribution in [0.3, 0.4) is 0 Å². The maximum absolute atomic E-state index is 9.33. The quantitative estimate of drug-likeness (QED) is 0.387. The van der Waals surface area contributed by atoms with Crippen molar-refractivity contribution < 1.29 is 14.7 Å². The maximum Gasteiger partial charge on any atom is 0.156 e. The van der Waals surface area contributed by atoms with Gasteiger partial charge in [0.05, 0.1) is 16.7 Å². The SMILES string of the molecule is CC(C)(C)O/N=C/CCCCCOc1c(Cl)cc(O)cc1Cl. The summed E-state index contributed by atoms with van der Waals surface area (Å²) in [5, 5.41) is 13.9. The minimum absolute atomic E-state index is 0.0270. The van der Waals surface area contributed by atoms with Gasteiger partial charge in [0.2, 0.25) is 0 Å². The lowest BCUT2D eigenvalue weighted by molar-refractivity contribution is 0.00156. The Hall–Kier alpha value is -1.13. The van der Waals surface area contributed by atoms with E-state index in [-0.39, 0.29) is 11.4 Å². The monoisotopic (exact) mass is 347 g/mol. The van der Waals surface area contributed by atoms with Crippen molar-refractivity contribution in [3.63, 3.8) is 0 Å². The number of phenolic OH excluding ortho intramolecular Hbond substituents is 1. The van der Waals surface area contributed by atoms with E-state index in [9.17, 15) is 5.11 Å². The molecule has 124 valence electrons. The van der Waals surface area contributed by atoms with Gasteiger partial charge in [-0.25, -0.2) is 0 Å². The highest BCUT2D eigenvalue weighted by Crippen LogP contribution is 2.36. The lowest BCUT2D eigenvalue weighted by atomic mass is 10.2. The van der Waals surface area contributed by atoms with Crippen molar-refractivity contribution >= 4 is 29.4 Å². The van der Waals surface area contributed by atoms with Crippen LogP contribution in [0.5, 0.6) is 11.5 Å². The van der Waals surface area contributed by atoms with Crippen LogP contribution >= 0.6 is 23.2 Å². The summed E-state index contributed by atoms with van der Waals surface area (Å²) in [6, 6.07) is 2.82. The molecule has 0 aromatic heterocycles. The number of nitrogens with zero attached hydrogens (tertiary/aromatic N) is 1. The van der Waals surface area contributed by atoms with Crippen LogP contribution in [0.4, 0.5) is 0 Å². The number of unbranched alkanes of at least 4 members (excludes halogenated alkanes) is 3. The molecule has 0 saturated heterocycles. The van der Waals surface area contributed by atoms with Gasteiger partial charge in [-0.2, -0.15) is 0 Å². The molecule has 0 spiro atoms. The maximum atomic E-state index is 9.33. The molecule has 0 radical (unpaired) electrons. The highest BCUT2D eigenvalue weighted by atomic mass is 35.5. The number of oxime groups is 1. The number of benzene rings is 1. The van der Waals surface area contributed by atoms with Gasteiger partial charge in [0.1, 0.15) is 11.4 Å². The van der Waals surface area contributed by atoms with E-state index in [4.69, 9.17) is 32.8 Å². The number of ether oxygens (including phenoxy) is 1. The summed E-state index contributed by atoms with van der Waals surface area (Å²) < 4.78 is 5.56. The summed E-state index contributed by atoms with van der Waals surface area (Å²) in [5.41, 5.74) is -0.243. The second-order valence-electron chi connectivity index (χ2n) is 5.93. The molecule has 0 aliphatic heterocycles. The third-order valence-electron chi connectivity index (χ3n) is 2.61. The fourth-order valence-corrected chi connectivity index (χ4v) is 2.21. The largest absolute Gasteiger partial charge is 0.508 e. The Labute approximate surface area is 142 Å². The van der Waals surface area contributed by atoms with Gasteiger partial charge in [-0.1, -0.05) is 28.4 Å². The van der Waals surface area contributed by atoms with Crippen molar-refractivity contribution in [2.24, 2.45) is 5.16 Å². The zero-order chi connectivity index (χ0) is 16.6. The first kappa shape index (κ1) is 18.9. The number of hydrogen-bond donors (Lipinski definition) is 1. The van der Waals surface area contributed by atoms with Crippen LogP contribution in [-0.2, 0) is 4.84 Å². The van der Waals surface area contributed by atoms with Crippen molar-refractivity contribution in [3.8, 4) is 11.5 Å². The predicted octanol–water partition coefficient (Wildman–Crippen LogP) is 5.44. The van der Waals surface area contributed by atoms with Gasteiger partial charge < -0.3 is 14.7 Å².